The van der Waals surface area contributed by atoms with Gasteiger partial charge in [0.05, 0.1) is 5.41 Å². The zero-order valence-corrected chi connectivity index (χ0v) is 33.5. The van der Waals surface area contributed by atoms with Gasteiger partial charge in [-0.2, -0.15) is 0 Å². The number of hydrogen-bond acceptors (Lipinski definition) is 4. The van der Waals surface area contributed by atoms with Gasteiger partial charge in [0.2, 0.25) is 0 Å². The number of fused-ring (bicyclic) bond motifs is 13. The maximum absolute atomic E-state index is 6.12. The van der Waals surface area contributed by atoms with E-state index < -0.39 is 5.41 Å². The molecular weight excluding hydrogens is 755 g/mol. The molecule has 11 aromatic rings. The molecule has 0 saturated carbocycles. The highest BCUT2D eigenvalue weighted by Gasteiger charge is 2.52. The lowest BCUT2D eigenvalue weighted by Gasteiger charge is -2.32. The molecule has 0 N–H and O–H groups in total. The number of hydrogen-bond donors (Lipinski definition) is 0. The highest BCUT2D eigenvalue weighted by atomic mass is 16.3. The first-order chi connectivity index (χ1) is 30.7. The van der Waals surface area contributed by atoms with Crippen LogP contribution >= 0.6 is 0 Å². The Labute approximate surface area is 358 Å². The second-order valence-corrected chi connectivity index (χ2v) is 16.2. The van der Waals surface area contributed by atoms with E-state index in [9.17, 15) is 0 Å². The minimum atomic E-state index is -0.501. The Hall–Kier alpha value is -8.21. The summed E-state index contributed by atoms with van der Waals surface area (Å²) in [5, 5.41) is 2.22. The third-order valence-corrected chi connectivity index (χ3v) is 13.0. The fraction of sp³-hybridized carbons (Fsp3) is 0.0172. The molecule has 2 heterocycles. The second kappa shape index (κ2) is 13.4. The molecule has 1 spiro atoms. The Bertz CT molecular complexity index is 3520. The van der Waals surface area contributed by atoms with Crippen molar-refractivity contribution < 1.29 is 4.42 Å². The molecule has 62 heavy (non-hydrogen) atoms. The summed E-state index contributed by atoms with van der Waals surface area (Å²) >= 11 is 0. The molecule has 9 aromatic carbocycles. The molecule has 4 heteroatoms. The van der Waals surface area contributed by atoms with E-state index in [4.69, 9.17) is 19.4 Å². The van der Waals surface area contributed by atoms with E-state index in [1.165, 1.54) is 44.5 Å². The summed E-state index contributed by atoms with van der Waals surface area (Å²) in [6.45, 7) is 0. The largest absolute Gasteiger partial charge is 0.456 e. The van der Waals surface area contributed by atoms with Crippen molar-refractivity contribution in [1.29, 1.82) is 0 Å². The van der Waals surface area contributed by atoms with Crippen LogP contribution in [0.1, 0.15) is 22.3 Å². The van der Waals surface area contributed by atoms with Crippen LogP contribution in [0.3, 0.4) is 0 Å². The van der Waals surface area contributed by atoms with Gasteiger partial charge in [0.25, 0.3) is 0 Å². The van der Waals surface area contributed by atoms with Crippen molar-refractivity contribution in [3.05, 3.63) is 235 Å². The van der Waals surface area contributed by atoms with Crippen LogP contribution in [0.5, 0.6) is 0 Å². The van der Waals surface area contributed by atoms with Crippen molar-refractivity contribution in [3.63, 3.8) is 0 Å². The first-order valence-electron chi connectivity index (χ1n) is 21.1. The number of nitrogens with zero attached hydrogens (tertiary/aromatic N) is 3. The predicted molar refractivity (Wildman–Crippen MR) is 251 cm³/mol. The Morgan fingerprint density at radius 3 is 1.42 bits per heavy atom. The van der Waals surface area contributed by atoms with E-state index in [2.05, 4.69) is 182 Å². The lowest BCUT2D eigenvalue weighted by molar-refractivity contribution is 0.669. The minimum absolute atomic E-state index is 0.501. The van der Waals surface area contributed by atoms with Crippen LogP contribution in [0.15, 0.2) is 217 Å². The van der Waals surface area contributed by atoms with Gasteiger partial charge in [-0.1, -0.05) is 194 Å². The van der Waals surface area contributed by atoms with Crippen molar-refractivity contribution in [1.82, 2.24) is 15.0 Å². The average molecular weight is 790 g/mol. The van der Waals surface area contributed by atoms with Crippen LogP contribution in [-0.2, 0) is 5.41 Å². The van der Waals surface area contributed by atoms with Gasteiger partial charge in [-0.25, -0.2) is 15.0 Å². The maximum atomic E-state index is 6.12. The van der Waals surface area contributed by atoms with Crippen molar-refractivity contribution in [3.8, 4) is 78.7 Å². The molecule has 2 aromatic heterocycles. The van der Waals surface area contributed by atoms with Crippen LogP contribution in [0.25, 0.3) is 101 Å². The smallest absolute Gasteiger partial charge is 0.164 e. The van der Waals surface area contributed by atoms with Gasteiger partial charge >= 0.3 is 0 Å². The molecule has 0 saturated heterocycles. The Morgan fingerprint density at radius 1 is 0.290 bits per heavy atom. The second-order valence-electron chi connectivity index (χ2n) is 16.2. The van der Waals surface area contributed by atoms with E-state index >= 15 is 0 Å². The number of aromatic nitrogens is 3. The highest BCUT2D eigenvalue weighted by molar-refractivity contribution is 6.06. The molecule has 0 radical (unpaired) electrons. The summed E-state index contributed by atoms with van der Waals surface area (Å²) in [5.74, 6) is 1.87. The number of benzene rings is 9. The van der Waals surface area contributed by atoms with Gasteiger partial charge in [0, 0.05) is 27.5 Å². The van der Waals surface area contributed by atoms with Crippen molar-refractivity contribution in [2.75, 3.05) is 0 Å². The first-order valence-corrected chi connectivity index (χ1v) is 21.1. The SMILES string of the molecule is c1ccc(-c2nc(-c3ccc(-c4ccc5oc6ccccc6c5c4)cc3)nc(-c3ccccc3-c3cccc4c3C3(c5ccccc5-c5ccccc53)c3ccccc3-4)n2)cc1. The number of rotatable bonds is 5. The molecule has 0 bridgehead atoms. The van der Waals surface area contributed by atoms with Crippen LogP contribution in [0.4, 0.5) is 0 Å². The number of para-hydroxylation sites is 1. The molecule has 13 rings (SSSR count). The van der Waals surface area contributed by atoms with Crippen molar-refractivity contribution >= 4 is 21.9 Å². The molecule has 0 fully saturated rings. The molecule has 4 nitrogen and oxygen atoms in total. The van der Waals surface area contributed by atoms with Gasteiger partial charge < -0.3 is 4.42 Å². The molecule has 0 amide bonds. The standard InChI is InChI=1S/C58H35N3O/c1-2-15-37(16-3-1)55-59-56(38-31-29-36(30-32-38)39-33-34-53-48(35-39)44-21-9-13-28-52(44)62-53)61-57(60-55)47-22-5-4-17-40(47)45-23-14-24-46-43-20-8-12-27-51(43)58(54(45)46)49-25-10-6-18-41(49)42-19-7-11-26-50(42)58/h1-35H. The van der Waals surface area contributed by atoms with E-state index in [0.29, 0.717) is 17.5 Å². The fourth-order valence-corrected chi connectivity index (χ4v) is 10.4. The van der Waals surface area contributed by atoms with E-state index in [0.717, 1.165) is 60.9 Å². The average Bonchev–Trinajstić information content (AvgIpc) is 3.98. The quantitative estimate of drug-likeness (QED) is 0.174. The molecular formula is C58H35N3O. The zero-order chi connectivity index (χ0) is 40.8. The van der Waals surface area contributed by atoms with Gasteiger partial charge in [-0.15, -0.1) is 0 Å². The van der Waals surface area contributed by atoms with Crippen LogP contribution in [-0.4, -0.2) is 15.0 Å². The lowest BCUT2D eigenvalue weighted by Crippen LogP contribution is -2.26. The molecule has 2 aliphatic carbocycles. The lowest BCUT2D eigenvalue weighted by atomic mass is 9.68. The molecule has 0 unspecified atom stereocenters. The molecule has 0 aliphatic heterocycles. The summed E-state index contributed by atoms with van der Waals surface area (Å²) in [7, 11) is 0. The van der Waals surface area contributed by atoms with Crippen LogP contribution in [0.2, 0.25) is 0 Å². The summed E-state index contributed by atoms with van der Waals surface area (Å²) in [6.07, 6.45) is 0. The van der Waals surface area contributed by atoms with Gasteiger partial charge in [0.15, 0.2) is 17.5 Å². The van der Waals surface area contributed by atoms with E-state index in [1.807, 2.05) is 30.3 Å². The zero-order valence-electron chi connectivity index (χ0n) is 33.5. The third kappa shape index (κ3) is 4.98. The molecule has 288 valence electrons. The van der Waals surface area contributed by atoms with Crippen molar-refractivity contribution in [2.24, 2.45) is 0 Å². The normalized spacial score (nSPS) is 13.0. The minimum Gasteiger partial charge on any atom is -0.456 e. The Kier molecular flexibility index (Phi) is 7.49. The predicted octanol–water partition coefficient (Wildman–Crippen LogP) is 14.4. The fourth-order valence-electron chi connectivity index (χ4n) is 10.4. The Balaban J connectivity index is 0.989. The van der Waals surface area contributed by atoms with Crippen LogP contribution < -0.4 is 0 Å². The summed E-state index contributed by atoms with van der Waals surface area (Å²) < 4.78 is 6.12. The Morgan fingerprint density at radius 2 is 0.742 bits per heavy atom. The number of furan rings is 1. The van der Waals surface area contributed by atoms with Gasteiger partial charge in [0.1, 0.15) is 11.2 Å². The van der Waals surface area contributed by atoms with E-state index in [-0.39, 0.29) is 0 Å². The van der Waals surface area contributed by atoms with E-state index in [1.54, 1.807) is 0 Å². The van der Waals surface area contributed by atoms with Gasteiger partial charge in [-0.3, -0.25) is 0 Å². The summed E-state index contributed by atoms with van der Waals surface area (Å²) in [5.41, 5.74) is 18.8. The highest BCUT2D eigenvalue weighted by Crippen LogP contribution is 2.64. The van der Waals surface area contributed by atoms with Crippen LogP contribution in [0, 0.1) is 0 Å². The van der Waals surface area contributed by atoms with Gasteiger partial charge in [-0.05, 0) is 85.0 Å². The third-order valence-electron chi connectivity index (χ3n) is 13.0. The summed E-state index contributed by atoms with van der Waals surface area (Å²) in [4.78, 5) is 15.7. The first kappa shape index (κ1) is 34.6. The van der Waals surface area contributed by atoms with Crippen molar-refractivity contribution in [2.45, 2.75) is 5.41 Å². The maximum Gasteiger partial charge on any atom is 0.164 e. The molecule has 0 atom stereocenters. The topological polar surface area (TPSA) is 51.8 Å². The molecule has 2 aliphatic rings. The summed E-state index contributed by atoms with van der Waals surface area (Å²) in [6, 6.07) is 75.6. The monoisotopic (exact) mass is 789 g/mol.